The largest absolute Gasteiger partial charge is 0.457 e. The van der Waals surface area contributed by atoms with Crippen LogP contribution in [0.4, 0.5) is 26.4 Å². The summed E-state index contributed by atoms with van der Waals surface area (Å²) < 4.78 is 32.1. The van der Waals surface area contributed by atoms with Crippen molar-refractivity contribution in [1.29, 1.82) is 0 Å². The third kappa shape index (κ3) is 8.66. The molecular formula is C27H33ClF2N6O2S. The molecule has 3 N–H and O–H groups in total. The number of carbonyl (C=O) groups is 1. The van der Waals surface area contributed by atoms with Crippen LogP contribution in [0.15, 0.2) is 48.5 Å². The van der Waals surface area contributed by atoms with Crippen molar-refractivity contribution >= 4 is 45.1 Å². The van der Waals surface area contributed by atoms with Gasteiger partial charge in [-0.05, 0) is 79.3 Å². The Labute approximate surface area is 233 Å². The monoisotopic (exact) mass is 578 g/mol. The summed E-state index contributed by atoms with van der Waals surface area (Å²) in [6.07, 6.45) is 8.29. The summed E-state index contributed by atoms with van der Waals surface area (Å²) in [7, 11) is -0.694. The minimum absolute atomic E-state index is 0.110. The number of ether oxygens (including phenoxy) is 1. The zero-order valence-corrected chi connectivity index (χ0v) is 23.9. The van der Waals surface area contributed by atoms with E-state index in [-0.39, 0.29) is 23.8 Å². The number of anilines is 3. The molecule has 0 saturated heterocycles. The van der Waals surface area contributed by atoms with Crippen LogP contribution in [-0.2, 0) is 5.54 Å². The number of rotatable bonds is 12. The fraction of sp³-hybridized carbons (Fsp3) is 0.407. The van der Waals surface area contributed by atoms with Crippen molar-refractivity contribution in [3.63, 3.8) is 0 Å². The number of amides is 1. The van der Waals surface area contributed by atoms with E-state index < -0.39 is 28.1 Å². The standard InChI is InChI=1S/C27H33ClF2N6O2S/c1-26(29,30)17-38-25-34-23(32-21-11-5-18(6-12-21)22(37)31-15-16-39(2,3)4)33-24(35-25)36-27(13-14-27)19-7-9-20(28)10-8-19/h5-12H,13-17H2,1-4H3,(H,31,37)(H2,32,33,34,35,36). The van der Waals surface area contributed by atoms with E-state index in [1.54, 1.807) is 24.3 Å². The molecule has 1 aromatic heterocycles. The smallest absolute Gasteiger partial charge is 0.323 e. The molecular weight excluding hydrogens is 546 g/mol. The molecule has 1 aliphatic carbocycles. The van der Waals surface area contributed by atoms with Gasteiger partial charge in [-0.15, -0.1) is 0 Å². The van der Waals surface area contributed by atoms with E-state index in [1.807, 2.05) is 24.3 Å². The molecule has 2 aromatic carbocycles. The molecule has 0 radical (unpaired) electrons. The van der Waals surface area contributed by atoms with Crippen molar-refractivity contribution in [1.82, 2.24) is 20.3 Å². The molecule has 1 saturated carbocycles. The van der Waals surface area contributed by atoms with E-state index in [9.17, 15) is 13.6 Å². The number of hydrogen-bond acceptors (Lipinski definition) is 7. The van der Waals surface area contributed by atoms with Crippen molar-refractivity contribution in [3.05, 3.63) is 64.7 Å². The minimum atomic E-state index is -3.06. The summed E-state index contributed by atoms with van der Waals surface area (Å²) in [4.78, 5) is 25.3. The predicted octanol–water partition coefficient (Wildman–Crippen LogP) is 5.83. The Morgan fingerprint density at radius 3 is 2.26 bits per heavy atom. The van der Waals surface area contributed by atoms with Crippen LogP contribution in [0.25, 0.3) is 0 Å². The summed E-state index contributed by atoms with van der Waals surface area (Å²) in [6.45, 7) is 0.502. The molecule has 0 atom stereocenters. The first kappa shape index (κ1) is 28.8. The Hall–Kier alpha value is -3.18. The van der Waals surface area contributed by atoms with Gasteiger partial charge in [0.1, 0.15) is 0 Å². The quantitative estimate of drug-likeness (QED) is 0.249. The lowest BCUT2D eigenvalue weighted by atomic mass is 10.1. The van der Waals surface area contributed by atoms with Gasteiger partial charge in [-0.25, -0.2) is 18.8 Å². The highest BCUT2D eigenvalue weighted by atomic mass is 35.5. The summed E-state index contributed by atoms with van der Waals surface area (Å²) in [5, 5.41) is 9.94. The highest BCUT2D eigenvalue weighted by Crippen LogP contribution is 2.48. The van der Waals surface area contributed by atoms with Gasteiger partial charge in [-0.1, -0.05) is 23.7 Å². The van der Waals surface area contributed by atoms with Crippen LogP contribution in [0.5, 0.6) is 6.01 Å². The van der Waals surface area contributed by atoms with Gasteiger partial charge in [0.2, 0.25) is 11.9 Å². The van der Waals surface area contributed by atoms with E-state index in [0.717, 1.165) is 31.1 Å². The van der Waals surface area contributed by atoms with Crippen molar-refractivity contribution in [3.8, 4) is 6.01 Å². The first-order valence-corrected chi connectivity index (χ1v) is 15.8. The molecule has 1 amide bonds. The zero-order chi connectivity index (χ0) is 28.3. The number of halogens is 3. The fourth-order valence-corrected chi connectivity index (χ4v) is 4.57. The fourth-order valence-electron chi connectivity index (χ4n) is 3.72. The van der Waals surface area contributed by atoms with Crippen LogP contribution in [0.3, 0.4) is 0 Å². The molecule has 0 spiro atoms. The highest BCUT2D eigenvalue weighted by Gasteiger charge is 2.45. The summed E-state index contributed by atoms with van der Waals surface area (Å²) >= 11 is 6.04. The van der Waals surface area contributed by atoms with Gasteiger partial charge in [-0.3, -0.25) is 4.79 Å². The van der Waals surface area contributed by atoms with Crippen LogP contribution < -0.4 is 20.7 Å². The Bertz CT molecular complexity index is 1290. The molecule has 0 aliphatic heterocycles. The maximum Gasteiger partial charge on any atom is 0.323 e. The lowest BCUT2D eigenvalue weighted by Gasteiger charge is -2.24. The Balaban J connectivity index is 1.49. The third-order valence-electron chi connectivity index (χ3n) is 5.97. The molecule has 0 bridgehead atoms. The zero-order valence-electron chi connectivity index (χ0n) is 22.4. The highest BCUT2D eigenvalue weighted by molar-refractivity contribution is 8.32. The van der Waals surface area contributed by atoms with Crippen LogP contribution in [0, 0.1) is 0 Å². The average molecular weight is 579 g/mol. The van der Waals surface area contributed by atoms with Gasteiger partial charge in [0.15, 0.2) is 6.61 Å². The minimum Gasteiger partial charge on any atom is -0.457 e. The maximum absolute atomic E-state index is 13.5. The first-order chi connectivity index (χ1) is 18.3. The van der Waals surface area contributed by atoms with Gasteiger partial charge in [0, 0.05) is 29.7 Å². The molecule has 39 heavy (non-hydrogen) atoms. The number of hydrogen-bond donors (Lipinski definition) is 3. The van der Waals surface area contributed by atoms with Crippen LogP contribution in [0.2, 0.25) is 5.02 Å². The number of nitrogens with zero attached hydrogens (tertiary/aromatic N) is 3. The van der Waals surface area contributed by atoms with Crippen molar-refractivity contribution < 1.29 is 18.3 Å². The van der Waals surface area contributed by atoms with E-state index in [1.165, 1.54) is 0 Å². The number of carbonyl (C=O) groups excluding carboxylic acids is 1. The summed E-state index contributed by atoms with van der Waals surface area (Å²) in [5.74, 6) is -1.96. The summed E-state index contributed by atoms with van der Waals surface area (Å²) in [6, 6.07) is 14.1. The van der Waals surface area contributed by atoms with Gasteiger partial charge in [0.05, 0.1) is 5.54 Å². The first-order valence-electron chi connectivity index (χ1n) is 12.4. The molecule has 210 valence electrons. The van der Waals surface area contributed by atoms with Crippen molar-refractivity contribution in [2.45, 2.75) is 31.2 Å². The number of benzene rings is 2. The molecule has 4 rings (SSSR count). The van der Waals surface area contributed by atoms with E-state index in [2.05, 4.69) is 49.7 Å². The lowest BCUT2D eigenvalue weighted by Crippen LogP contribution is -2.27. The van der Waals surface area contributed by atoms with E-state index in [4.69, 9.17) is 16.3 Å². The normalized spacial score (nSPS) is 14.8. The topological polar surface area (TPSA) is 101 Å². The second-order valence-corrected chi connectivity index (χ2v) is 15.6. The molecule has 0 unspecified atom stereocenters. The predicted molar refractivity (Wildman–Crippen MR) is 154 cm³/mol. The Kier molecular flexibility index (Phi) is 8.51. The molecule has 1 heterocycles. The van der Waals surface area contributed by atoms with Gasteiger partial charge >= 0.3 is 6.01 Å². The van der Waals surface area contributed by atoms with Crippen LogP contribution in [0.1, 0.15) is 35.7 Å². The molecule has 1 fully saturated rings. The van der Waals surface area contributed by atoms with Crippen molar-refractivity contribution in [2.24, 2.45) is 0 Å². The van der Waals surface area contributed by atoms with Crippen molar-refractivity contribution in [2.75, 3.05) is 48.3 Å². The SMILES string of the molecule is CC(F)(F)COc1nc(Nc2ccc(C(=O)NCCS(C)(C)C)cc2)nc(NC2(c3ccc(Cl)cc3)CC2)n1. The third-order valence-corrected chi connectivity index (χ3v) is 7.65. The number of nitrogens with one attached hydrogen (secondary N) is 3. The van der Waals surface area contributed by atoms with E-state index >= 15 is 0 Å². The number of aromatic nitrogens is 3. The molecule has 1 aliphatic rings. The number of alkyl halides is 2. The molecule has 3 aromatic rings. The summed E-state index contributed by atoms with van der Waals surface area (Å²) in [5.41, 5.74) is 1.75. The maximum atomic E-state index is 13.5. The second-order valence-electron chi connectivity index (χ2n) is 10.6. The molecule has 8 nitrogen and oxygen atoms in total. The van der Waals surface area contributed by atoms with Gasteiger partial charge in [0.25, 0.3) is 11.8 Å². The Morgan fingerprint density at radius 1 is 1.03 bits per heavy atom. The van der Waals surface area contributed by atoms with Crippen LogP contribution >= 0.6 is 21.6 Å². The lowest BCUT2D eigenvalue weighted by molar-refractivity contribution is -0.0256. The molecule has 12 heteroatoms. The van der Waals surface area contributed by atoms with E-state index in [0.29, 0.717) is 22.8 Å². The Morgan fingerprint density at radius 2 is 1.67 bits per heavy atom. The average Bonchev–Trinajstić information content (AvgIpc) is 3.62. The van der Waals surface area contributed by atoms with Crippen LogP contribution in [-0.4, -0.2) is 64.5 Å². The second kappa shape index (κ2) is 11.5. The van der Waals surface area contributed by atoms with Gasteiger partial charge < -0.3 is 20.7 Å². The van der Waals surface area contributed by atoms with Gasteiger partial charge in [-0.2, -0.15) is 15.0 Å².